The number of ether oxygens (including phenoxy) is 1. The second-order valence-corrected chi connectivity index (χ2v) is 7.88. The van der Waals surface area contributed by atoms with Gasteiger partial charge in [0, 0.05) is 51.0 Å². The molecule has 29 heavy (non-hydrogen) atoms. The number of urea groups is 1. The lowest BCUT2D eigenvalue weighted by atomic mass is 9.76. The number of benzene rings is 2. The van der Waals surface area contributed by atoms with E-state index in [0.29, 0.717) is 19.5 Å². The Hall–Kier alpha value is -3.02. The second-order valence-electron chi connectivity index (χ2n) is 7.88. The standard InChI is InChI=1S/C23H27N3O3/c1-24-21(27)15-17-16-23(29-20-10-6-5-9-19(17)20)11-13-26(14-12-23)22(28)25-18-7-3-2-4-8-18/h2-10,17H,11-16H2,1H3,(H,24,27)(H,25,28). The summed E-state index contributed by atoms with van der Waals surface area (Å²) >= 11 is 0. The molecule has 0 bridgehead atoms. The molecule has 2 N–H and O–H groups in total. The smallest absolute Gasteiger partial charge is 0.321 e. The van der Waals surface area contributed by atoms with E-state index in [-0.39, 0.29) is 23.5 Å². The van der Waals surface area contributed by atoms with Gasteiger partial charge in [0.1, 0.15) is 11.4 Å². The van der Waals surface area contributed by atoms with Crippen LogP contribution in [0, 0.1) is 0 Å². The van der Waals surface area contributed by atoms with Gasteiger partial charge in [0.2, 0.25) is 5.91 Å². The summed E-state index contributed by atoms with van der Waals surface area (Å²) in [6, 6.07) is 17.4. The fourth-order valence-electron chi connectivity index (χ4n) is 4.40. The Morgan fingerprint density at radius 3 is 2.48 bits per heavy atom. The lowest BCUT2D eigenvalue weighted by Gasteiger charge is -2.46. The molecule has 152 valence electrons. The molecule has 1 atom stereocenters. The van der Waals surface area contributed by atoms with E-state index < -0.39 is 0 Å². The van der Waals surface area contributed by atoms with E-state index in [1.807, 2.05) is 53.4 Å². The van der Waals surface area contributed by atoms with Crippen molar-refractivity contribution >= 4 is 17.6 Å². The third kappa shape index (κ3) is 4.21. The number of amides is 3. The highest BCUT2D eigenvalue weighted by molar-refractivity contribution is 5.89. The maximum Gasteiger partial charge on any atom is 0.321 e. The number of rotatable bonds is 3. The zero-order valence-electron chi connectivity index (χ0n) is 16.7. The Kier molecular flexibility index (Phi) is 5.43. The number of carbonyl (C=O) groups excluding carboxylic acids is 2. The Morgan fingerprint density at radius 1 is 1.07 bits per heavy atom. The van der Waals surface area contributed by atoms with E-state index in [1.54, 1.807) is 7.05 Å². The number of nitrogens with zero attached hydrogens (tertiary/aromatic N) is 1. The highest BCUT2D eigenvalue weighted by Crippen LogP contribution is 2.46. The van der Waals surface area contributed by atoms with Gasteiger partial charge in [-0.05, 0) is 30.2 Å². The third-order valence-electron chi connectivity index (χ3n) is 6.00. The van der Waals surface area contributed by atoms with E-state index in [0.717, 1.165) is 36.3 Å². The molecule has 2 aromatic carbocycles. The molecule has 6 nitrogen and oxygen atoms in total. The Labute approximate surface area is 171 Å². The number of fused-ring (bicyclic) bond motifs is 1. The molecule has 3 amide bonds. The molecular formula is C23H27N3O3. The SMILES string of the molecule is CNC(=O)CC1CC2(CCN(C(=O)Nc3ccccc3)CC2)Oc2ccccc21. The monoisotopic (exact) mass is 393 g/mol. The number of likely N-dealkylation sites (tertiary alicyclic amines) is 1. The molecule has 1 spiro atoms. The second kappa shape index (κ2) is 8.15. The Balaban J connectivity index is 1.44. The van der Waals surface area contributed by atoms with Crippen LogP contribution in [0.3, 0.4) is 0 Å². The van der Waals surface area contributed by atoms with E-state index in [2.05, 4.69) is 16.7 Å². The highest BCUT2D eigenvalue weighted by atomic mass is 16.5. The summed E-state index contributed by atoms with van der Waals surface area (Å²) < 4.78 is 6.46. The number of hydrogen-bond acceptors (Lipinski definition) is 3. The number of carbonyl (C=O) groups is 2. The first-order valence-electron chi connectivity index (χ1n) is 10.2. The summed E-state index contributed by atoms with van der Waals surface area (Å²) in [6.07, 6.45) is 2.77. The number of anilines is 1. The predicted octanol–water partition coefficient (Wildman–Crippen LogP) is 3.76. The normalized spacial score (nSPS) is 19.8. The minimum absolute atomic E-state index is 0.0431. The fraction of sp³-hybridized carbons (Fsp3) is 0.391. The molecule has 2 aromatic rings. The van der Waals surface area contributed by atoms with Crippen LogP contribution in [0.15, 0.2) is 54.6 Å². The van der Waals surface area contributed by atoms with E-state index in [9.17, 15) is 9.59 Å². The van der Waals surface area contributed by atoms with Crippen molar-refractivity contribution < 1.29 is 14.3 Å². The van der Waals surface area contributed by atoms with Crippen LogP contribution in [0.1, 0.15) is 37.2 Å². The molecular weight excluding hydrogens is 366 g/mol. The zero-order chi connectivity index (χ0) is 20.3. The van der Waals surface area contributed by atoms with E-state index in [4.69, 9.17) is 4.74 Å². The van der Waals surface area contributed by atoms with Crippen molar-refractivity contribution in [3.63, 3.8) is 0 Å². The molecule has 2 aliphatic heterocycles. The first kappa shape index (κ1) is 19.3. The van der Waals surface area contributed by atoms with Crippen LogP contribution in [0.25, 0.3) is 0 Å². The lowest BCUT2D eigenvalue weighted by molar-refractivity contribution is -0.121. The van der Waals surface area contributed by atoms with Gasteiger partial charge in [-0.3, -0.25) is 4.79 Å². The number of piperidine rings is 1. The number of nitrogens with one attached hydrogen (secondary N) is 2. The van der Waals surface area contributed by atoms with Gasteiger partial charge >= 0.3 is 6.03 Å². The van der Waals surface area contributed by atoms with Crippen LogP contribution in [0.5, 0.6) is 5.75 Å². The van der Waals surface area contributed by atoms with Crippen molar-refractivity contribution in [2.75, 3.05) is 25.5 Å². The summed E-state index contributed by atoms with van der Waals surface area (Å²) in [5.41, 5.74) is 1.58. The molecule has 0 aromatic heterocycles. The average molecular weight is 393 g/mol. The minimum Gasteiger partial charge on any atom is -0.487 e. The number of hydrogen-bond donors (Lipinski definition) is 2. The van der Waals surface area contributed by atoms with Crippen LogP contribution in [0.4, 0.5) is 10.5 Å². The molecule has 6 heteroatoms. The first-order valence-corrected chi connectivity index (χ1v) is 10.2. The summed E-state index contributed by atoms with van der Waals surface area (Å²) in [6.45, 7) is 1.26. The van der Waals surface area contributed by atoms with E-state index >= 15 is 0 Å². The van der Waals surface area contributed by atoms with Crippen molar-refractivity contribution in [2.45, 2.75) is 37.2 Å². The van der Waals surface area contributed by atoms with Gasteiger partial charge in [-0.1, -0.05) is 36.4 Å². The molecule has 0 aliphatic carbocycles. The van der Waals surface area contributed by atoms with Crippen LogP contribution >= 0.6 is 0 Å². The summed E-state index contributed by atoms with van der Waals surface area (Å²) in [5.74, 6) is 1.04. The average Bonchev–Trinajstić information content (AvgIpc) is 2.75. The quantitative estimate of drug-likeness (QED) is 0.834. The van der Waals surface area contributed by atoms with Crippen molar-refractivity contribution in [1.82, 2.24) is 10.2 Å². The Morgan fingerprint density at radius 2 is 1.76 bits per heavy atom. The molecule has 2 heterocycles. The highest BCUT2D eigenvalue weighted by Gasteiger charge is 2.44. The van der Waals surface area contributed by atoms with Gasteiger partial charge < -0.3 is 20.3 Å². The summed E-state index contributed by atoms with van der Waals surface area (Å²) in [5, 5.41) is 5.69. The minimum atomic E-state index is -0.323. The number of para-hydroxylation sites is 2. The van der Waals surface area contributed by atoms with Gasteiger partial charge in [-0.2, -0.15) is 0 Å². The molecule has 1 unspecified atom stereocenters. The van der Waals surface area contributed by atoms with Gasteiger partial charge in [0.05, 0.1) is 0 Å². The van der Waals surface area contributed by atoms with Crippen molar-refractivity contribution in [3.05, 3.63) is 60.2 Å². The predicted molar refractivity (Wildman–Crippen MR) is 112 cm³/mol. The summed E-state index contributed by atoms with van der Waals surface area (Å²) in [7, 11) is 1.67. The zero-order valence-corrected chi connectivity index (χ0v) is 16.7. The van der Waals surface area contributed by atoms with Crippen molar-refractivity contribution in [1.29, 1.82) is 0 Å². The molecule has 0 radical (unpaired) electrons. The maximum atomic E-state index is 12.6. The van der Waals surface area contributed by atoms with Crippen molar-refractivity contribution in [3.8, 4) is 5.75 Å². The molecule has 0 saturated carbocycles. The molecule has 2 aliphatic rings. The first-order chi connectivity index (χ1) is 14.1. The van der Waals surface area contributed by atoms with Gasteiger partial charge in [0.15, 0.2) is 0 Å². The molecule has 1 saturated heterocycles. The van der Waals surface area contributed by atoms with Gasteiger partial charge in [-0.15, -0.1) is 0 Å². The van der Waals surface area contributed by atoms with Gasteiger partial charge in [0.25, 0.3) is 0 Å². The van der Waals surface area contributed by atoms with Crippen LogP contribution < -0.4 is 15.4 Å². The molecule has 1 fully saturated rings. The lowest BCUT2D eigenvalue weighted by Crippen LogP contribution is -2.52. The topological polar surface area (TPSA) is 70.7 Å². The van der Waals surface area contributed by atoms with Crippen molar-refractivity contribution in [2.24, 2.45) is 0 Å². The largest absolute Gasteiger partial charge is 0.487 e. The fourth-order valence-corrected chi connectivity index (χ4v) is 4.40. The third-order valence-corrected chi connectivity index (χ3v) is 6.00. The molecule has 4 rings (SSSR count). The maximum absolute atomic E-state index is 12.6. The van der Waals surface area contributed by atoms with Crippen LogP contribution in [-0.4, -0.2) is 42.6 Å². The van der Waals surface area contributed by atoms with Crippen LogP contribution in [-0.2, 0) is 4.79 Å². The summed E-state index contributed by atoms with van der Waals surface area (Å²) in [4.78, 5) is 26.5. The Bertz CT molecular complexity index is 876. The van der Waals surface area contributed by atoms with Gasteiger partial charge in [-0.25, -0.2) is 4.79 Å². The van der Waals surface area contributed by atoms with Crippen LogP contribution in [0.2, 0.25) is 0 Å². The van der Waals surface area contributed by atoms with E-state index in [1.165, 1.54) is 0 Å².